The quantitative estimate of drug-likeness (QED) is 0.188. The van der Waals surface area contributed by atoms with Gasteiger partial charge in [-0.25, -0.2) is 9.78 Å². The van der Waals surface area contributed by atoms with E-state index in [2.05, 4.69) is 46.7 Å². The van der Waals surface area contributed by atoms with Crippen molar-refractivity contribution in [1.29, 1.82) is 0 Å². The molecular formula is C32H38N5O5P. The summed E-state index contributed by atoms with van der Waals surface area (Å²) in [4.78, 5) is 22.2. The van der Waals surface area contributed by atoms with E-state index < -0.39 is 13.2 Å². The van der Waals surface area contributed by atoms with Gasteiger partial charge in [0.1, 0.15) is 12.9 Å². The van der Waals surface area contributed by atoms with Gasteiger partial charge in [0.25, 0.3) is 0 Å². The fourth-order valence-corrected chi connectivity index (χ4v) is 6.06. The summed E-state index contributed by atoms with van der Waals surface area (Å²) in [7, 11) is -1.20. The number of carbonyl (C=O) groups is 1. The minimum atomic E-state index is -2.71. The lowest BCUT2D eigenvalue weighted by Gasteiger charge is -2.25. The molecule has 0 bridgehead atoms. The fourth-order valence-electron chi connectivity index (χ4n) is 4.91. The van der Waals surface area contributed by atoms with Crippen LogP contribution in [0.1, 0.15) is 32.8 Å². The minimum Gasteiger partial charge on any atom is -0.494 e. The number of benzene rings is 3. The molecular weight excluding hydrogens is 565 g/mol. The standard InChI is InChI=1S/C32H38N5O5P/c1-32(2,3)20-17-25(29(40-4)27(18-20)43(5,6)39)36-31(38)35-24-11-12-26(23-10-8-7-9-22(23)24)42-28-13-15-33-30(37-28)34-21-14-16-41-19-21/h7-13,15,17-18,21H,14,16,19H2,1-6H3,(H,33,34,37)(H2,35,36,38). The van der Waals surface area contributed by atoms with Gasteiger partial charge in [0.15, 0.2) is 5.75 Å². The van der Waals surface area contributed by atoms with E-state index in [1.54, 1.807) is 37.7 Å². The molecule has 2 heterocycles. The molecule has 1 aromatic heterocycles. The number of nitrogens with zero attached hydrogens (tertiary/aromatic N) is 2. The number of amides is 2. The van der Waals surface area contributed by atoms with E-state index in [1.807, 2.05) is 36.4 Å². The number of nitrogens with one attached hydrogen (secondary N) is 3. The molecule has 1 atom stereocenters. The summed E-state index contributed by atoms with van der Waals surface area (Å²) in [5.41, 5.74) is 1.75. The second-order valence-electron chi connectivity index (χ2n) is 11.9. The number of urea groups is 1. The lowest BCUT2D eigenvalue weighted by atomic mass is 9.86. The van der Waals surface area contributed by atoms with Gasteiger partial charge in [-0.05, 0) is 55.0 Å². The number of ether oxygens (including phenoxy) is 3. The summed E-state index contributed by atoms with van der Waals surface area (Å²) in [6.07, 6.45) is 2.54. The van der Waals surface area contributed by atoms with Gasteiger partial charge in [-0.1, -0.05) is 45.0 Å². The maximum absolute atomic E-state index is 13.4. The number of fused-ring (bicyclic) bond motifs is 1. The second-order valence-corrected chi connectivity index (χ2v) is 15.1. The van der Waals surface area contributed by atoms with E-state index in [-0.39, 0.29) is 11.5 Å². The number of rotatable bonds is 8. The smallest absolute Gasteiger partial charge is 0.323 e. The zero-order valence-corrected chi connectivity index (χ0v) is 26.2. The largest absolute Gasteiger partial charge is 0.494 e. The van der Waals surface area contributed by atoms with Gasteiger partial charge in [0.05, 0.1) is 36.4 Å². The number of aromatic nitrogens is 2. The van der Waals surface area contributed by atoms with Crippen LogP contribution < -0.4 is 30.7 Å². The lowest BCUT2D eigenvalue weighted by molar-refractivity contribution is 0.195. The Balaban J connectivity index is 1.40. The first-order valence-electron chi connectivity index (χ1n) is 14.2. The molecule has 1 saturated heterocycles. The predicted molar refractivity (Wildman–Crippen MR) is 172 cm³/mol. The van der Waals surface area contributed by atoms with E-state index in [0.29, 0.717) is 46.6 Å². The molecule has 2 amide bonds. The van der Waals surface area contributed by atoms with E-state index >= 15 is 0 Å². The van der Waals surface area contributed by atoms with Crippen molar-refractivity contribution in [3.05, 3.63) is 66.4 Å². The minimum absolute atomic E-state index is 0.170. The molecule has 0 radical (unpaired) electrons. The van der Waals surface area contributed by atoms with Crippen LogP contribution in [0.4, 0.5) is 22.1 Å². The van der Waals surface area contributed by atoms with E-state index in [9.17, 15) is 9.36 Å². The molecule has 43 heavy (non-hydrogen) atoms. The Bertz CT molecular complexity index is 1690. The van der Waals surface area contributed by atoms with Crippen molar-refractivity contribution in [2.75, 3.05) is 49.6 Å². The highest BCUT2D eigenvalue weighted by atomic mass is 31.2. The Hall–Kier alpha value is -4.14. The number of methoxy groups -OCH3 is 1. The first-order chi connectivity index (χ1) is 20.4. The number of hydrogen-bond acceptors (Lipinski definition) is 8. The van der Waals surface area contributed by atoms with Crippen molar-refractivity contribution in [2.45, 2.75) is 38.6 Å². The topological polar surface area (TPSA) is 124 Å². The van der Waals surface area contributed by atoms with Gasteiger partial charge in [-0.15, -0.1) is 0 Å². The molecule has 1 aliphatic rings. The highest BCUT2D eigenvalue weighted by Gasteiger charge is 2.26. The summed E-state index contributed by atoms with van der Waals surface area (Å²) in [6, 6.07) is 16.4. The van der Waals surface area contributed by atoms with Gasteiger partial charge in [-0.2, -0.15) is 4.98 Å². The summed E-state index contributed by atoms with van der Waals surface area (Å²) < 4.78 is 30.4. The van der Waals surface area contributed by atoms with Crippen molar-refractivity contribution in [3.63, 3.8) is 0 Å². The molecule has 0 saturated carbocycles. The molecule has 0 aliphatic carbocycles. The molecule has 1 fully saturated rings. The molecule has 3 N–H and O–H groups in total. The Morgan fingerprint density at radius 2 is 1.77 bits per heavy atom. The molecule has 5 rings (SSSR count). The van der Waals surface area contributed by atoms with E-state index in [4.69, 9.17) is 14.2 Å². The molecule has 11 heteroatoms. The van der Waals surface area contributed by atoms with Crippen LogP contribution in [-0.4, -0.2) is 55.7 Å². The van der Waals surface area contributed by atoms with E-state index in [1.165, 1.54) is 7.11 Å². The van der Waals surface area contributed by atoms with E-state index in [0.717, 1.165) is 29.4 Å². The first kappa shape index (κ1) is 30.3. The SMILES string of the molecule is COc1c(NC(=O)Nc2ccc(Oc3ccnc(NC4CCOC4)n3)c3ccccc23)cc(C(C)(C)C)cc1P(C)(C)=O. The highest BCUT2D eigenvalue weighted by Crippen LogP contribution is 2.43. The van der Waals surface area contributed by atoms with Crippen molar-refractivity contribution < 1.29 is 23.6 Å². The average Bonchev–Trinajstić information content (AvgIpc) is 3.46. The molecule has 4 aromatic rings. The van der Waals surface area contributed by atoms with Crippen LogP contribution in [0.2, 0.25) is 0 Å². The van der Waals surface area contributed by atoms with Crippen molar-refractivity contribution in [1.82, 2.24) is 9.97 Å². The van der Waals surface area contributed by atoms with Crippen molar-refractivity contribution in [3.8, 4) is 17.4 Å². The third-order valence-electron chi connectivity index (χ3n) is 7.21. The van der Waals surface area contributed by atoms with Gasteiger partial charge < -0.3 is 34.7 Å². The van der Waals surface area contributed by atoms with Crippen LogP contribution in [-0.2, 0) is 14.7 Å². The van der Waals surface area contributed by atoms with Gasteiger partial charge in [0.2, 0.25) is 11.8 Å². The van der Waals surface area contributed by atoms with Gasteiger partial charge >= 0.3 is 6.03 Å². The summed E-state index contributed by atoms with van der Waals surface area (Å²) in [5.74, 6) is 1.85. The highest BCUT2D eigenvalue weighted by molar-refractivity contribution is 7.70. The Kier molecular flexibility index (Phi) is 8.62. The summed E-state index contributed by atoms with van der Waals surface area (Å²) >= 11 is 0. The zero-order valence-electron chi connectivity index (χ0n) is 25.4. The Morgan fingerprint density at radius 3 is 2.44 bits per heavy atom. The fraction of sp³-hybridized carbons (Fsp3) is 0.344. The van der Waals surface area contributed by atoms with Crippen LogP contribution in [0.25, 0.3) is 10.8 Å². The van der Waals surface area contributed by atoms with Crippen LogP contribution in [0.3, 0.4) is 0 Å². The molecule has 226 valence electrons. The maximum atomic E-state index is 13.4. The lowest BCUT2D eigenvalue weighted by Crippen LogP contribution is -2.23. The number of anilines is 3. The third kappa shape index (κ3) is 7.09. The number of carbonyl (C=O) groups excluding carboxylic acids is 1. The zero-order chi connectivity index (χ0) is 30.8. The maximum Gasteiger partial charge on any atom is 0.323 e. The molecule has 10 nitrogen and oxygen atoms in total. The molecule has 3 aromatic carbocycles. The summed E-state index contributed by atoms with van der Waals surface area (Å²) in [6.45, 7) is 10.9. The average molecular weight is 604 g/mol. The number of hydrogen-bond donors (Lipinski definition) is 3. The molecule has 0 spiro atoms. The third-order valence-corrected chi connectivity index (χ3v) is 8.70. The van der Waals surface area contributed by atoms with Crippen molar-refractivity contribution >= 4 is 46.6 Å². The second kappa shape index (κ2) is 12.2. The normalized spacial score (nSPS) is 15.3. The van der Waals surface area contributed by atoms with Gasteiger partial charge in [0, 0.05) is 29.6 Å². The van der Waals surface area contributed by atoms with Gasteiger partial charge in [-0.3, -0.25) is 0 Å². The molecule has 1 aliphatic heterocycles. The van der Waals surface area contributed by atoms with Crippen LogP contribution in [0.5, 0.6) is 17.4 Å². The van der Waals surface area contributed by atoms with Crippen LogP contribution in [0, 0.1) is 0 Å². The Labute approximate surface area is 251 Å². The first-order valence-corrected chi connectivity index (χ1v) is 16.8. The molecule has 1 unspecified atom stereocenters. The van der Waals surface area contributed by atoms with Crippen molar-refractivity contribution in [2.24, 2.45) is 0 Å². The van der Waals surface area contributed by atoms with Crippen LogP contribution in [0.15, 0.2) is 60.8 Å². The summed E-state index contributed by atoms with van der Waals surface area (Å²) in [5, 5.41) is 11.3. The monoisotopic (exact) mass is 603 g/mol. The Morgan fingerprint density at radius 1 is 1.02 bits per heavy atom. The predicted octanol–water partition coefficient (Wildman–Crippen LogP) is 6.82. The van der Waals surface area contributed by atoms with Crippen LogP contribution >= 0.6 is 7.14 Å².